The Kier molecular flexibility index (Phi) is 3.99. The number of carbonyl (C=O) groups is 2. The van der Waals surface area contributed by atoms with Gasteiger partial charge in [0.05, 0.1) is 0 Å². The van der Waals surface area contributed by atoms with Crippen LogP contribution in [0, 0.1) is 0 Å². The van der Waals surface area contributed by atoms with Gasteiger partial charge in [0.25, 0.3) is 11.8 Å². The Morgan fingerprint density at radius 2 is 1.90 bits per heavy atom. The summed E-state index contributed by atoms with van der Waals surface area (Å²) in [6.07, 6.45) is 0.243. The van der Waals surface area contributed by atoms with Crippen molar-refractivity contribution in [2.75, 3.05) is 5.32 Å². The molecule has 21 heavy (non-hydrogen) atoms. The van der Waals surface area contributed by atoms with Gasteiger partial charge in [-0.1, -0.05) is 18.2 Å². The van der Waals surface area contributed by atoms with E-state index in [-0.39, 0.29) is 5.57 Å². The van der Waals surface area contributed by atoms with Crippen LogP contribution in [-0.4, -0.2) is 33.7 Å². The minimum atomic E-state index is -1.15. The molecule has 0 radical (unpaired) electrons. The molecule has 0 aliphatic carbocycles. The first-order valence-corrected chi connectivity index (χ1v) is 6.64. The monoisotopic (exact) mass is 289 g/mol. The zero-order valence-corrected chi connectivity index (χ0v) is 12.3. The average Bonchev–Trinajstić information content (AvgIpc) is 2.38. The van der Waals surface area contributed by atoms with Crippen LogP contribution in [0.5, 0.6) is 0 Å². The van der Waals surface area contributed by atoms with Gasteiger partial charge >= 0.3 is 0 Å². The summed E-state index contributed by atoms with van der Waals surface area (Å²) in [6, 6.07) is 8.87. The first kappa shape index (κ1) is 15.1. The molecule has 0 fully saturated rings. The average molecular weight is 289 g/mol. The van der Waals surface area contributed by atoms with Crippen LogP contribution in [0.15, 0.2) is 42.1 Å². The number of aliphatic hydroxyl groups is 1. The summed E-state index contributed by atoms with van der Waals surface area (Å²) >= 11 is 0. The van der Waals surface area contributed by atoms with Crippen LogP contribution in [0.2, 0.25) is 0 Å². The Morgan fingerprint density at radius 3 is 2.48 bits per heavy atom. The standard InChI is InChI=1S/C15H19N3O3/c1-15(2,3)18-9-11(13(20)17-14(18)21)12(19)16-10-7-5-4-6-8-10/h4-9,14,21H,1-3H3,(H,16,19)(H,17,20). The number of nitrogens with one attached hydrogen (secondary N) is 2. The van der Waals surface area contributed by atoms with Crippen molar-refractivity contribution in [1.82, 2.24) is 10.2 Å². The van der Waals surface area contributed by atoms with E-state index in [1.165, 1.54) is 11.1 Å². The molecule has 1 heterocycles. The Morgan fingerprint density at radius 1 is 1.29 bits per heavy atom. The van der Waals surface area contributed by atoms with Crippen LogP contribution in [-0.2, 0) is 9.59 Å². The molecule has 3 N–H and O–H groups in total. The maximum Gasteiger partial charge on any atom is 0.262 e. The number of amides is 2. The van der Waals surface area contributed by atoms with Gasteiger partial charge in [0.1, 0.15) is 5.57 Å². The molecule has 0 saturated carbocycles. The van der Waals surface area contributed by atoms with Gasteiger partial charge in [0.2, 0.25) is 6.35 Å². The second-order valence-corrected chi connectivity index (χ2v) is 5.79. The number of aliphatic hydroxyl groups excluding tert-OH is 1. The van der Waals surface area contributed by atoms with Crippen molar-refractivity contribution < 1.29 is 14.7 Å². The molecule has 1 aliphatic rings. The first-order valence-electron chi connectivity index (χ1n) is 6.64. The summed E-state index contributed by atoms with van der Waals surface area (Å²) in [4.78, 5) is 25.6. The van der Waals surface area contributed by atoms with Crippen LogP contribution in [0.25, 0.3) is 0 Å². The molecule has 0 aromatic heterocycles. The maximum atomic E-state index is 12.2. The van der Waals surface area contributed by atoms with Crippen molar-refractivity contribution in [1.29, 1.82) is 0 Å². The van der Waals surface area contributed by atoms with E-state index in [0.29, 0.717) is 5.69 Å². The number of para-hydroxylation sites is 1. The number of carbonyl (C=O) groups excluding carboxylic acids is 2. The first-order chi connectivity index (χ1) is 9.79. The van der Waals surface area contributed by atoms with E-state index in [2.05, 4.69) is 10.6 Å². The van der Waals surface area contributed by atoms with Crippen LogP contribution < -0.4 is 10.6 Å². The summed E-state index contributed by atoms with van der Waals surface area (Å²) in [6.45, 7) is 5.62. The third kappa shape index (κ3) is 3.41. The predicted molar refractivity (Wildman–Crippen MR) is 78.9 cm³/mol. The van der Waals surface area contributed by atoms with Crippen molar-refractivity contribution in [3.8, 4) is 0 Å². The van der Waals surface area contributed by atoms with Crippen molar-refractivity contribution in [3.63, 3.8) is 0 Å². The van der Waals surface area contributed by atoms with E-state index >= 15 is 0 Å². The molecule has 6 heteroatoms. The lowest BCUT2D eigenvalue weighted by Crippen LogP contribution is -2.57. The number of anilines is 1. The molecule has 0 spiro atoms. The van der Waals surface area contributed by atoms with Crippen LogP contribution in [0.4, 0.5) is 5.69 Å². The predicted octanol–water partition coefficient (Wildman–Crippen LogP) is 1.02. The maximum absolute atomic E-state index is 12.2. The third-order valence-corrected chi connectivity index (χ3v) is 3.09. The highest BCUT2D eigenvalue weighted by Crippen LogP contribution is 2.21. The summed E-state index contributed by atoms with van der Waals surface area (Å²) in [5.41, 5.74) is 0.120. The highest BCUT2D eigenvalue weighted by molar-refractivity contribution is 6.23. The number of hydrogen-bond donors (Lipinski definition) is 3. The van der Waals surface area contributed by atoms with Gasteiger partial charge in [0.15, 0.2) is 0 Å². The van der Waals surface area contributed by atoms with Crippen molar-refractivity contribution in [2.24, 2.45) is 0 Å². The lowest BCUT2D eigenvalue weighted by molar-refractivity contribution is -0.131. The molecule has 1 aromatic rings. The summed E-state index contributed by atoms with van der Waals surface area (Å²) < 4.78 is 0. The molecule has 1 unspecified atom stereocenters. The molecule has 6 nitrogen and oxygen atoms in total. The molecule has 1 atom stereocenters. The van der Waals surface area contributed by atoms with Crippen LogP contribution >= 0.6 is 0 Å². The molecule has 1 aromatic carbocycles. The fourth-order valence-electron chi connectivity index (χ4n) is 1.98. The van der Waals surface area contributed by atoms with E-state index in [0.717, 1.165) is 0 Å². The number of rotatable bonds is 2. The smallest absolute Gasteiger partial charge is 0.262 e. The van der Waals surface area contributed by atoms with Gasteiger partial charge < -0.3 is 20.6 Å². The Hall–Kier alpha value is -2.34. The highest BCUT2D eigenvalue weighted by Gasteiger charge is 2.34. The van der Waals surface area contributed by atoms with Crippen LogP contribution in [0.1, 0.15) is 20.8 Å². The largest absolute Gasteiger partial charge is 0.356 e. The van der Waals surface area contributed by atoms with Gasteiger partial charge in [-0.05, 0) is 32.9 Å². The Balaban J connectivity index is 2.24. The number of benzene rings is 1. The SMILES string of the molecule is CC(C)(C)N1C=C(C(=O)Nc2ccccc2)C(=O)NC1O. The van der Waals surface area contributed by atoms with E-state index in [9.17, 15) is 14.7 Å². The minimum Gasteiger partial charge on any atom is -0.356 e. The molecule has 0 bridgehead atoms. The normalized spacial score (nSPS) is 18.9. The lowest BCUT2D eigenvalue weighted by atomic mass is 10.0. The van der Waals surface area contributed by atoms with E-state index in [1.54, 1.807) is 24.3 Å². The van der Waals surface area contributed by atoms with Gasteiger partial charge in [-0.3, -0.25) is 9.59 Å². The van der Waals surface area contributed by atoms with E-state index < -0.39 is 23.7 Å². The number of nitrogens with zero attached hydrogens (tertiary/aromatic N) is 1. The molecule has 1 aliphatic heterocycles. The van der Waals surface area contributed by atoms with E-state index in [4.69, 9.17) is 0 Å². The van der Waals surface area contributed by atoms with E-state index in [1.807, 2.05) is 26.8 Å². The molecular formula is C15H19N3O3. The zero-order chi connectivity index (χ0) is 15.6. The summed E-state index contributed by atoms with van der Waals surface area (Å²) in [7, 11) is 0. The molecule has 112 valence electrons. The fourth-order valence-corrected chi connectivity index (χ4v) is 1.98. The zero-order valence-electron chi connectivity index (χ0n) is 12.3. The quantitative estimate of drug-likeness (QED) is 0.710. The number of hydrogen-bond acceptors (Lipinski definition) is 4. The van der Waals surface area contributed by atoms with Crippen LogP contribution in [0.3, 0.4) is 0 Å². The lowest BCUT2D eigenvalue weighted by Gasteiger charge is -2.41. The highest BCUT2D eigenvalue weighted by atomic mass is 16.3. The molecular weight excluding hydrogens is 270 g/mol. The molecule has 2 amide bonds. The van der Waals surface area contributed by atoms with Gasteiger partial charge in [-0.25, -0.2) is 0 Å². The fraction of sp³-hybridized carbons (Fsp3) is 0.333. The van der Waals surface area contributed by atoms with Crippen molar-refractivity contribution >= 4 is 17.5 Å². The third-order valence-electron chi connectivity index (χ3n) is 3.09. The summed E-state index contributed by atoms with van der Waals surface area (Å²) in [5, 5.41) is 14.9. The molecule has 0 saturated heterocycles. The van der Waals surface area contributed by atoms with Crippen molar-refractivity contribution in [3.05, 3.63) is 42.1 Å². The second kappa shape index (κ2) is 5.57. The summed E-state index contributed by atoms with van der Waals surface area (Å²) in [5.74, 6) is -1.11. The Bertz CT molecular complexity index is 576. The topological polar surface area (TPSA) is 81.7 Å². The molecule has 2 rings (SSSR count). The van der Waals surface area contributed by atoms with Gasteiger partial charge in [0, 0.05) is 17.4 Å². The van der Waals surface area contributed by atoms with Crippen molar-refractivity contribution in [2.45, 2.75) is 32.7 Å². The second-order valence-electron chi connectivity index (χ2n) is 5.79. The Labute approximate surface area is 123 Å². The van der Waals surface area contributed by atoms with Gasteiger partial charge in [-0.2, -0.15) is 0 Å². The van der Waals surface area contributed by atoms with Gasteiger partial charge in [-0.15, -0.1) is 0 Å². The minimum absolute atomic E-state index is 0.0425.